The van der Waals surface area contributed by atoms with Gasteiger partial charge < -0.3 is 5.11 Å². The van der Waals surface area contributed by atoms with Gasteiger partial charge in [0.1, 0.15) is 0 Å². The van der Waals surface area contributed by atoms with Crippen LogP contribution >= 0.6 is 0 Å². The maximum absolute atomic E-state index is 12.5. The molecule has 0 aliphatic heterocycles. The van der Waals surface area contributed by atoms with Crippen LogP contribution in [0.2, 0.25) is 0 Å². The fourth-order valence-electron chi connectivity index (χ4n) is 3.23. The molecule has 1 aliphatic rings. The Hall–Kier alpha value is -1.44. The van der Waals surface area contributed by atoms with Crippen LogP contribution in [0, 0.1) is 5.92 Å². The van der Waals surface area contributed by atoms with Gasteiger partial charge in [-0.1, -0.05) is 32.9 Å². The first-order valence-electron chi connectivity index (χ1n) is 9.28. The lowest BCUT2D eigenvalue weighted by atomic mass is 9.86. The van der Waals surface area contributed by atoms with Crippen molar-refractivity contribution in [3.05, 3.63) is 29.8 Å². The van der Waals surface area contributed by atoms with Gasteiger partial charge in [-0.25, -0.2) is 13.1 Å². The zero-order chi connectivity index (χ0) is 19.3. The van der Waals surface area contributed by atoms with E-state index in [1.807, 2.05) is 24.0 Å². The molecule has 2 N–H and O–H groups in total. The maximum Gasteiger partial charge on any atom is 0.317 e. The lowest BCUT2D eigenvalue weighted by Gasteiger charge is -2.42. The molecule has 1 aliphatic carbocycles. The van der Waals surface area contributed by atoms with E-state index in [1.165, 1.54) is 0 Å². The Balaban J connectivity index is 1.88. The van der Waals surface area contributed by atoms with E-state index in [0.29, 0.717) is 25.3 Å². The summed E-state index contributed by atoms with van der Waals surface area (Å²) in [5.74, 6) is -0.233. The highest BCUT2D eigenvalue weighted by molar-refractivity contribution is 7.89. The predicted octanol–water partition coefficient (Wildman–Crippen LogP) is 2.49. The molecule has 7 heteroatoms. The number of likely N-dealkylation sites (N-methyl/N-ethyl adjacent to an activating group) is 1. The molecule has 6 nitrogen and oxygen atoms in total. The second-order valence-corrected chi connectivity index (χ2v) is 9.19. The summed E-state index contributed by atoms with van der Waals surface area (Å²) in [4.78, 5) is 13.0. The van der Waals surface area contributed by atoms with Gasteiger partial charge in [-0.05, 0) is 55.8 Å². The van der Waals surface area contributed by atoms with Crippen LogP contribution in [0.1, 0.15) is 45.6 Å². The van der Waals surface area contributed by atoms with E-state index in [4.69, 9.17) is 5.11 Å². The van der Waals surface area contributed by atoms with Crippen molar-refractivity contribution in [1.29, 1.82) is 0 Å². The topological polar surface area (TPSA) is 86.7 Å². The van der Waals surface area contributed by atoms with Crippen LogP contribution in [0.3, 0.4) is 0 Å². The molecular formula is C19H30N2O4S. The minimum absolute atomic E-state index is 0.00151. The SMILES string of the molecule is CCN(CC(=O)O)C1CC(NS(=O)(=O)c2ccc(CCC(C)C)cc2)C1. The third kappa shape index (κ3) is 5.79. The van der Waals surface area contributed by atoms with Crippen molar-refractivity contribution in [3.63, 3.8) is 0 Å². The molecule has 1 saturated carbocycles. The number of carbonyl (C=O) groups is 1. The van der Waals surface area contributed by atoms with Crippen LogP contribution in [0.4, 0.5) is 0 Å². The van der Waals surface area contributed by atoms with Crippen molar-refractivity contribution in [2.75, 3.05) is 13.1 Å². The van der Waals surface area contributed by atoms with Crippen LogP contribution in [0.25, 0.3) is 0 Å². The minimum atomic E-state index is -3.53. The molecule has 0 spiro atoms. The summed E-state index contributed by atoms with van der Waals surface area (Å²) in [7, 11) is -3.53. The van der Waals surface area contributed by atoms with Crippen molar-refractivity contribution in [2.45, 2.75) is 63.4 Å². The van der Waals surface area contributed by atoms with Crippen molar-refractivity contribution in [2.24, 2.45) is 5.92 Å². The number of benzene rings is 1. The highest BCUT2D eigenvalue weighted by atomic mass is 32.2. The third-order valence-electron chi connectivity index (χ3n) is 4.94. The lowest BCUT2D eigenvalue weighted by Crippen LogP contribution is -2.54. The van der Waals surface area contributed by atoms with Crippen LogP contribution in [0.5, 0.6) is 0 Å². The molecule has 1 aromatic rings. The Morgan fingerprint density at radius 3 is 2.38 bits per heavy atom. The van der Waals surface area contributed by atoms with E-state index < -0.39 is 16.0 Å². The molecule has 0 bridgehead atoms. The van der Waals surface area contributed by atoms with Gasteiger partial charge in [0.25, 0.3) is 0 Å². The highest BCUT2D eigenvalue weighted by Crippen LogP contribution is 2.27. The monoisotopic (exact) mass is 382 g/mol. The van der Waals surface area contributed by atoms with Crippen molar-refractivity contribution in [1.82, 2.24) is 9.62 Å². The van der Waals surface area contributed by atoms with Crippen LogP contribution in [-0.4, -0.2) is 49.6 Å². The molecular weight excluding hydrogens is 352 g/mol. The van der Waals surface area contributed by atoms with E-state index in [1.54, 1.807) is 12.1 Å². The molecule has 0 radical (unpaired) electrons. The summed E-state index contributed by atoms with van der Waals surface area (Å²) < 4.78 is 27.8. The summed E-state index contributed by atoms with van der Waals surface area (Å²) in [6, 6.07) is 7.09. The Kier molecular flexibility index (Phi) is 7.20. The van der Waals surface area contributed by atoms with Gasteiger partial charge in [0.15, 0.2) is 0 Å². The molecule has 1 aromatic carbocycles. The third-order valence-corrected chi connectivity index (χ3v) is 6.48. The molecule has 26 heavy (non-hydrogen) atoms. The van der Waals surface area contributed by atoms with Gasteiger partial charge in [-0.2, -0.15) is 0 Å². The predicted molar refractivity (Wildman–Crippen MR) is 102 cm³/mol. The van der Waals surface area contributed by atoms with E-state index in [0.717, 1.165) is 18.4 Å². The van der Waals surface area contributed by atoms with Crippen molar-refractivity contribution in [3.8, 4) is 0 Å². The van der Waals surface area contributed by atoms with Crippen molar-refractivity contribution >= 4 is 16.0 Å². The number of hydrogen-bond acceptors (Lipinski definition) is 4. The van der Waals surface area contributed by atoms with E-state index >= 15 is 0 Å². The first-order chi connectivity index (χ1) is 12.2. The molecule has 146 valence electrons. The second-order valence-electron chi connectivity index (χ2n) is 7.48. The Morgan fingerprint density at radius 1 is 1.27 bits per heavy atom. The number of nitrogens with zero attached hydrogens (tertiary/aromatic N) is 1. The smallest absolute Gasteiger partial charge is 0.317 e. The standard InChI is InChI=1S/C19H30N2O4S/c1-4-21(13-19(22)23)17-11-16(12-17)20-26(24,25)18-9-7-15(8-10-18)6-5-14(2)3/h7-10,14,16-17,20H,4-6,11-13H2,1-3H3,(H,22,23). The fourth-order valence-corrected chi connectivity index (χ4v) is 4.49. The number of sulfonamides is 1. The molecule has 0 amide bonds. The summed E-state index contributed by atoms with van der Waals surface area (Å²) in [6.45, 7) is 6.91. The normalized spacial score (nSPS) is 20.3. The maximum atomic E-state index is 12.5. The highest BCUT2D eigenvalue weighted by Gasteiger charge is 2.36. The molecule has 0 unspecified atom stereocenters. The lowest BCUT2D eigenvalue weighted by molar-refractivity contribution is -0.139. The molecule has 1 fully saturated rings. The minimum Gasteiger partial charge on any atom is -0.480 e. The molecule has 0 heterocycles. The Morgan fingerprint density at radius 2 is 1.88 bits per heavy atom. The van der Waals surface area contributed by atoms with E-state index in [2.05, 4.69) is 18.6 Å². The number of hydrogen-bond donors (Lipinski definition) is 2. The molecule has 0 atom stereocenters. The Bertz CT molecular complexity index is 695. The number of carboxylic acids is 1. The van der Waals surface area contributed by atoms with E-state index in [-0.39, 0.29) is 23.5 Å². The largest absolute Gasteiger partial charge is 0.480 e. The average Bonchev–Trinajstić information content (AvgIpc) is 2.54. The summed E-state index contributed by atoms with van der Waals surface area (Å²) >= 11 is 0. The number of carboxylic acid groups (broad SMARTS) is 1. The van der Waals surface area contributed by atoms with Gasteiger partial charge in [0.2, 0.25) is 10.0 Å². The van der Waals surface area contributed by atoms with Gasteiger partial charge in [0, 0.05) is 12.1 Å². The molecule has 2 rings (SSSR count). The number of nitrogens with one attached hydrogen (secondary N) is 1. The summed E-state index contributed by atoms with van der Waals surface area (Å²) in [5.41, 5.74) is 1.15. The number of rotatable bonds is 10. The molecule has 0 aromatic heterocycles. The van der Waals surface area contributed by atoms with Crippen LogP contribution in [0.15, 0.2) is 29.2 Å². The zero-order valence-corrected chi connectivity index (χ0v) is 16.6. The van der Waals surface area contributed by atoms with Crippen LogP contribution < -0.4 is 4.72 Å². The van der Waals surface area contributed by atoms with Crippen molar-refractivity contribution < 1.29 is 18.3 Å². The first-order valence-corrected chi connectivity index (χ1v) is 10.8. The number of aliphatic carboxylic acids is 1. The summed E-state index contributed by atoms with van der Waals surface area (Å²) in [5, 5.41) is 8.92. The van der Waals surface area contributed by atoms with Gasteiger partial charge >= 0.3 is 5.97 Å². The average molecular weight is 383 g/mol. The van der Waals surface area contributed by atoms with E-state index in [9.17, 15) is 13.2 Å². The second kappa shape index (κ2) is 8.97. The van der Waals surface area contributed by atoms with Gasteiger partial charge in [-0.3, -0.25) is 9.69 Å². The van der Waals surface area contributed by atoms with Gasteiger partial charge in [-0.15, -0.1) is 0 Å². The zero-order valence-electron chi connectivity index (χ0n) is 15.8. The quantitative estimate of drug-likeness (QED) is 0.649. The first kappa shape index (κ1) is 20.9. The number of aryl methyl sites for hydroxylation is 1. The molecule has 0 saturated heterocycles. The van der Waals surface area contributed by atoms with Crippen LogP contribution in [-0.2, 0) is 21.2 Å². The van der Waals surface area contributed by atoms with Gasteiger partial charge in [0.05, 0.1) is 11.4 Å². The Labute approximate surface area is 156 Å². The fraction of sp³-hybridized carbons (Fsp3) is 0.632. The summed E-state index contributed by atoms with van der Waals surface area (Å²) in [6.07, 6.45) is 3.32.